The summed E-state index contributed by atoms with van der Waals surface area (Å²) in [7, 11) is 4.59. The first kappa shape index (κ1) is 24.1. The Bertz CT molecular complexity index is 1480. The van der Waals surface area contributed by atoms with E-state index in [1.54, 1.807) is 31.4 Å². The molecule has 6 rings (SSSR count). The summed E-state index contributed by atoms with van der Waals surface area (Å²) in [4.78, 5) is 0. The summed E-state index contributed by atoms with van der Waals surface area (Å²) < 4.78 is 29.0. The lowest BCUT2D eigenvalue weighted by molar-refractivity contribution is -0.151. The number of nitrogens with two attached hydrogens (primary N) is 1. The number of hydrogen-bond donors (Lipinski definition) is 3. The Morgan fingerprint density at radius 1 is 0.895 bits per heavy atom. The highest BCUT2D eigenvalue weighted by molar-refractivity contribution is 5.63. The average Bonchev–Trinajstić information content (AvgIpc) is 3.55. The first-order valence-electron chi connectivity index (χ1n) is 12.0. The molecule has 10 heteroatoms. The van der Waals surface area contributed by atoms with Crippen molar-refractivity contribution in [1.82, 2.24) is 10.2 Å². The van der Waals surface area contributed by atoms with E-state index in [9.17, 15) is 10.2 Å². The largest absolute Gasteiger partial charge is 0.497 e. The van der Waals surface area contributed by atoms with Crippen molar-refractivity contribution >= 4 is 6.01 Å². The number of nitrogens with zero attached hydrogens (tertiary/aromatic N) is 2. The Hall–Kier alpha value is -4.28. The summed E-state index contributed by atoms with van der Waals surface area (Å²) in [6.07, 6.45) is -1.47. The summed E-state index contributed by atoms with van der Waals surface area (Å²) in [5.41, 5.74) is 3.87. The molecule has 1 aliphatic heterocycles. The van der Waals surface area contributed by atoms with Gasteiger partial charge in [-0.15, -0.1) is 5.10 Å². The van der Waals surface area contributed by atoms with Crippen LogP contribution in [0, 0.1) is 0 Å². The molecule has 2 heterocycles. The predicted molar refractivity (Wildman–Crippen MR) is 135 cm³/mol. The number of ether oxygens (including phenoxy) is 4. The van der Waals surface area contributed by atoms with Gasteiger partial charge in [-0.05, 0) is 23.3 Å². The van der Waals surface area contributed by atoms with Crippen LogP contribution in [0.1, 0.15) is 34.4 Å². The van der Waals surface area contributed by atoms with Crippen molar-refractivity contribution in [3.63, 3.8) is 0 Å². The number of methoxy groups -OCH3 is 3. The van der Waals surface area contributed by atoms with Crippen LogP contribution in [-0.4, -0.2) is 47.8 Å². The van der Waals surface area contributed by atoms with Crippen molar-refractivity contribution in [3.05, 3.63) is 89.3 Å². The Balaban J connectivity index is 1.71. The fraction of sp³-hybridized carbons (Fsp3) is 0.286. The Morgan fingerprint density at radius 2 is 1.61 bits per heavy atom. The van der Waals surface area contributed by atoms with Crippen LogP contribution < -0.4 is 24.7 Å². The van der Waals surface area contributed by atoms with Crippen molar-refractivity contribution in [1.29, 1.82) is 0 Å². The van der Waals surface area contributed by atoms with E-state index >= 15 is 0 Å². The topological polar surface area (TPSA) is 142 Å². The second-order valence-corrected chi connectivity index (χ2v) is 9.37. The molecule has 4 aromatic rings. The molecule has 0 radical (unpaired) electrons. The minimum absolute atomic E-state index is 0.0807. The predicted octanol–water partition coefficient (Wildman–Crippen LogP) is 3.10. The Morgan fingerprint density at radius 3 is 2.21 bits per heavy atom. The van der Waals surface area contributed by atoms with E-state index in [-0.39, 0.29) is 11.9 Å². The van der Waals surface area contributed by atoms with Gasteiger partial charge in [-0.1, -0.05) is 47.6 Å². The number of fused-ring (bicyclic) bond motifs is 3. The van der Waals surface area contributed by atoms with Crippen molar-refractivity contribution < 1.29 is 33.6 Å². The molecule has 2 aliphatic rings. The van der Waals surface area contributed by atoms with Crippen LogP contribution in [0.4, 0.5) is 6.01 Å². The molecule has 10 nitrogen and oxygen atoms in total. The molecule has 0 bridgehead atoms. The number of anilines is 1. The van der Waals surface area contributed by atoms with Gasteiger partial charge in [-0.25, -0.2) is 0 Å². The highest BCUT2D eigenvalue weighted by Crippen LogP contribution is 2.72. The first-order valence-corrected chi connectivity index (χ1v) is 12.0. The van der Waals surface area contributed by atoms with E-state index < -0.39 is 29.1 Å². The van der Waals surface area contributed by atoms with Crippen LogP contribution in [0.25, 0.3) is 0 Å². The molecule has 3 aromatic carbocycles. The molecular formula is C28H27N3O7. The van der Waals surface area contributed by atoms with E-state index in [0.717, 1.165) is 5.56 Å². The van der Waals surface area contributed by atoms with Gasteiger partial charge >= 0.3 is 6.01 Å². The van der Waals surface area contributed by atoms with Crippen molar-refractivity contribution in [2.75, 3.05) is 27.1 Å². The quantitative estimate of drug-likeness (QED) is 0.349. The highest BCUT2D eigenvalue weighted by atomic mass is 16.5. The highest BCUT2D eigenvalue weighted by Gasteiger charge is 2.78. The van der Waals surface area contributed by atoms with E-state index in [1.807, 2.05) is 42.5 Å². The molecule has 1 aromatic heterocycles. The van der Waals surface area contributed by atoms with Crippen molar-refractivity contribution in [2.45, 2.75) is 29.1 Å². The first-order chi connectivity index (χ1) is 18.4. The average molecular weight is 518 g/mol. The molecule has 1 aliphatic carbocycles. The van der Waals surface area contributed by atoms with Crippen LogP contribution >= 0.6 is 0 Å². The molecule has 38 heavy (non-hydrogen) atoms. The lowest BCUT2D eigenvalue weighted by atomic mass is 9.70. The normalized spacial score (nSPS) is 27.3. The van der Waals surface area contributed by atoms with E-state index in [2.05, 4.69) is 10.2 Å². The number of rotatable bonds is 6. The zero-order valence-electron chi connectivity index (χ0n) is 21.0. The zero-order valence-corrected chi connectivity index (χ0v) is 21.0. The monoisotopic (exact) mass is 517 g/mol. The summed E-state index contributed by atoms with van der Waals surface area (Å²) in [6.45, 7) is 0. The third-order valence-corrected chi connectivity index (χ3v) is 7.70. The lowest BCUT2D eigenvalue weighted by Crippen LogP contribution is -2.52. The molecular weight excluding hydrogens is 490 g/mol. The van der Waals surface area contributed by atoms with Gasteiger partial charge in [0, 0.05) is 18.1 Å². The molecule has 5 atom stereocenters. The SMILES string of the molecule is COc1ccc(C23Oc4cc(OC)cc(OC)c4C2(O)[C@H](O)[C@H](c2nnc(N)o2)C3c2ccccc2)cc1. The Kier molecular flexibility index (Phi) is 5.48. The van der Waals surface area contributed by atoms with Crippen molar-refractivity contribution in [3.8, 4) is 23.0 Å². The van der Waals surface area contributed by atoms with Crippen LogP contribution in [0.5, 0.6) is 23.0 Å². The zero-order chi connectivity index (χ0) is 26.7. The van der Waals surface area contributed by atoms with Gasteiger partial charge in [0.1, 0.15) is 29.1 Å². The minimum atomic E-state index is -2.02. The number of nitrogen functional groups attached to an aromatic ring is 1. The van der Waals surface area contributed by atoms with Crippen LogP contribution in [-0.2, 0) is 11.2 Å². The van der Waals surface area contributed by atoms with Gasteiger partial charge in [0.25, 0.3) is 0 Å². The number of aromatic nitrogens is 2. The van der Waals surface area contributed by atoms with E-state index in [1.165, 1.54) is 14.2 Å². The fourth-order valence-corrected chi connectivity index (χ4v) is 6.16. The van der Waals surface area contributed by atoms with Gasteiger partial charge in [0.05, 0.1) is 32.8 Å². The minimum Gasteiger partial charge on any atom is -0.497 e. The summed E-state index contributed by atoms with van der Waals surface area (Å²) in [5.74, 6) is 0.198. The molecule has 1 saturated carbocycles. The molecule has 4 N–H and O–H groups in total. The lowest BCUT2D eigenvalue weighted by Gasteiger charge is -2.40. The van der Waals surface area contributed by atoms with Crippen molar-refractivity contribution in [2.24, 2.45) is 0 Å². The third kappa shape index (κ3) is 3.07. The maximum Gasteiger partial charge on any atom is 0.312 e. The molecule has 0 amide bonds. The fourth-order valence-electron chi connectivity index (χ4n) is 6.16. The number of aliphatic hydroxyl groups excluding tert-OH is 1. The molecule has 3 unspecified atom stereocenters. The van der Waals surface area contributed by atoms with Gasteiger partial charge in [-0.3, -0.25) is 0 Å². The van der Waals surface area contributed by atoms with E-state index in [0.29, 0.717) is 34.1 Å². The Labute approximate surface area is 218 Å². The summed E-state index contributed by atoms with van der Waals surface area (Å²) in [6, 6.07) is 19.8. The molecule has 0 saturated heterocycles. The van der Waals surface area contributed by atoms with Gasteiger partial charge in [0.15, 0.2) is 11.2 Å². The van der Waals surface area contributed by atoms with Gasteiger partial charge in [0.2, 0.25) is 5.89 Å². The van der Waals surface area contributed by atoms with Crippen LogP contribution in [0.15, 0.2) is 71.1 Å². The van der Waals surface area contributed by atoms with Crippen LogP contribution in [0.2, 0.25) is 0 Å². The van der Waals surface area contributed by atoms with Crippen LogP contribution in [0.3, 0.4) is 0 Å². The summed E-state index contributed by atoms with van der Waals surface area (Å²) in [5, 5.41) is 33.0. The maximum atomic E-state index is 12.9. The molecule has 196 valence electrons. The standard InChI is InChI=1S/C28H27N3O7/c1-34-17-11-9-16(10-12-17)28-22(15-7-5-4-6-8-15)21(25-30-31-26(29)37-25)24(32)27(28,33)23-19(36-3)13-18(35-2)14-20(23)38-28/h4-14,21-22,24,32-33H,1-3H3,(H2,29,31)/t21-,22?,24-,27?,28?/m1/s1. The second-order valence-electron chi connectivity index (χ2n) is 9.37. The number of hydrogen-bond acceptors (Lipinski definition) is 10. The van der Waals surface area contributed by atoms with Gasteiger partial charge < -0.3 is 39.3 Å². The maximum absolute atomic E-state index is 12.9. The smallest absolute Gasteiger partial charge is 0.312 e. The number of benzene rings is 3. The third-order valence-electron chi connectivity index (χ3n) is 7.70. The van der Waals surface area contributed by atoms with Gasteiger partial charge in [-0.2, -0.15) is 0 Å². The second kappa shape index (κ2) is 8.64. The number of aliphatic hydroxyl groups is 2. The summed E-state index contributed by atoms with van der Waals surface area (Å²) >= 11 is 0. The molecule has 1 fully saturated rings. The van der Waals surface area contributed by atoms with E-state index in [4.69, 9.17) is 29.1 Å². The molecule has 0 spiro atoms.